The van der Waals surface area contributed by atoms with Crippen LogP contribution in [0.15, 0.2) is 6.20 Å². The predicted octanol–water partition coefficient (Wildman–Crippen LogP) is 0.498. The van der Waals surface area contributed by atoms with Crippen LogP contribution in [0, 0.1) is 0 Å². The lowest BCUT2D eigenvalue weighted by atomic mass is 10.1. The molecule has 0 amide bonds. The molecule has 1 aromatic rings. The van der Waals surface area contributed by atoms with E-state index in [1.54, 1.807) is 7.11 Å². The van der Waals surface area contributed by atoms with Crippen molar-refractivity contribution in [1.82, 2.24) is 25.2 Å². The molecule has 1 saturated heterocycles. The maximum Gasteiger partial charge on any atom is 0.0964 e. The number of likely N-dealkylation sites (tertiary alicyclic amines) is 1. The van der Waals surface area contributed by atoms with Gasteiger partial charge in [-0.2, -0.15) is 0 Å². The van der Waals surface area contributed by atoms with Crippen LogP contribution < -0.4 is 5.32 Å². The van der Waals surface area contributed by atoms with Gasteiger partial charge < -0.3 is 10.1 Å². The number of aromatic nitrogens is 3. The maximum atomic E-state index is 5.44. The van der Waals surface area contributed by atoms with E-state index in [2.05, 4.69) is 27.5 Å². The standard InChI is InChI=1S/C13H25N5O/c1-3-14-9-12-10-18(16-15-12)8-7-17-6-4-5-13(11-17)19-2/h10,13-14H,3-9,11H2,1-2H3. The van der Waals surface area contributed by atoms with E-state index in [0.29, 0.717) is 6.10 Å². The first-order chi connectivity index (χ1) is 9.31. The Morgan fingerprint density at radius 2 is 2.37 bits per heavy atom. The monoisotopic (exact) mass is 267 g/mol. The molecule has 1 N–H and O–H groups in total. The van der Waals surface area contributed by atoms with Crippen molar-refractivity contribution in [3.63, 3.8) is 0 Å². The van der Waals surface area contributed by atoms with Gasteiger partial charge in [0.15, 0.2) is 0 Å². The van der Waals surface area contributed by atoms with Gasteiger partial charge in [-0.3, -0.25) is 9.58 Å². The van der Waals surface area contributed by atoms with Crippen LogP contribution in [0.4, 0.5) is 0 Å². The lowest BCUT2D eigenvalue weighted by Crippen LogP contribution is -2.40. The summed E-state index contributed by atoms with van der Waals surface area (Å²) in [5.74, 6) is 0. The lowest BCUT2D eigenvalue weighted by Gasteiger charge is -2.31. The fraction of sp³-hybridized carbons (Fsp3) is 0.846. The molecule has 108 valence electrons. The molecule has 0 spiro atoms. The Kier molecular flexibility index (Phi) is 5.75. The summed E-state index contributed by atoms with van der Waals surface area (Å²) >= 11 is 0. The predicted molar refractivity (Wildman–Crippen MR) is 73.9 cm³/mol. The minimum atomic E-state index is 0.397. The van der Waals surface area contributed by atoms with Gasteiger partial charge >= 0.3 is 0 Å². The molecule has 1 aliphatic rings. The van der Waals surface area contributed by atoms with Gasteiger partial charge in [0.1, 0.15) is 0 Å². The lowest BCUT2D eigenvalue weighted by molar-refractivity contribution is 0.0299. The second-order valence-electron chi connectivity index (χ2n) is 5.05. The third kappa shape index (κ3) is 4.56. The van der Waals surface area contributed by atoms with E-state index < -0.39 is 0 Å². The van der Waals surface area contributed by atoms with Crippen molar-refractivity contribution in [2.75, 3.05) is 33.3 Å². The molecule has 6 nitrogen and oxygen atoms in total. The Morgan fingerprint density at radius 3 is 3.16 bits per heavy atom. The van der Waals surface area contributed by atoms with Crippen molar-refractivity contribution in [2.24, 2.45) is 0 Å². The Balaban J connectivity index is 1.73. The summed E-state index contributed by atoms with van der Waals surface area (Å²) in [7, 11) is 1.80. The van der Waals surface area contributed by atoms with Crippen LogP contribution in [0.5, 0.6) is 0 Å². The number of piperidine rings is 1. The molecule has 0 aromatic carbocycles. The summed E-state index contributed by atoms with van der Waals surface area (Å²) in [5.41, 5.74) is 1.01. The van der Waals surface area contributed by atoms with Gasteiger partial charge in [-0.25, -0.2) is 0 Å². The SMILES string of the molecule is CCNCc1cn(CCN2CCCC(OC)C2)nn1. The van der Waals surface area contributed by atoms with Gasteiger partial charge in [-0.1, -0.05) is 12.1 Å². The van der Waals surface area contributed by atoms with E-state index in [9.17, 15) is 0 Å². The molecule has 2 heterocycles. The summed E-state index contributed by atoms with van der Waals surface area (Å²) in [5, 5.41) is 11.6. The normalized spacial score (nSPS) is 20.8. The van der Waals surface area contributed by atoms with Crippen molar-refractivity contribution < 1.29 is 4.74 Å². The largest absolute Gasteiger partial charge is 0.380 e. The van der Waals surface area contributed by atoms with Crippen molar-refractivity contribution in [2.45, 2.75) is 39.0 Å². The maximum absolute atomic E-state index is 5.44. The number of hydrogen-bond acceptors (Lipinski definition) is 5. The molecule has 19 heavy (non-hydrogen) atoms. The molecule has 2 rings (SSSR count). The van der Waals surface area contributed by atoms with Crippen molar-refractivity contribution in [3.8, 4) is 0 Å². The number of nitrogens with zero attached hydrogens (tertiary/aromatic N) is 4. The molecule has 0 saturated carbocycles. The van der Waals surface area contributed by atoms with Gasteiger partial charge in [-0.15, -0.1) is 5.10 Å². The Bertz CT molecular complexity index is 368. The summed E-state index contributed by atoms with van der Waals surface area (Å²) in [6.45, 7) is 7.96. The molecule has 1 unspecified atom stereocenters. The van der Waals surface area contributed by atoms with Gasteiger partial charge in [0, 0.05) is 32.9 Å². The van der Waals surface area contributed by atoms with Crippen LogP contribution >= 0.6 is 0 Å². The molecule has 0 bridgehead atoms. The third-order valence-corrected chi connectivity index (χ3v) is 3.58. The summed E-state index contributed by atoms with van der Waals surface area (Å²) in [6.07, 6.45) is 4.83. The highest BCUT2D eigenvalue weighted by molar-refractivity contribution is 4.91. The number of hydrogen-bond donors (Lipinski definition) is 1. The van der Waals surface area contributed by atoms with E-state index in [1.807, 2.05) is 10.9 Å². The van der Waals surface area contributed by atoms with E-state index in [0.717, 1.165) is 38.4 Å². The fourth-order valence-electron chi connectivity index (χ4n) is 2.43. The second-order valence-corrected chi connectivity index (χ2v) is 5.05. The zero-order valence-corrected chi connectivity index (χ0v) is 12.0. The Labute approximate surface area is 115 Å². The molecule has 1 aliphatic heterocycles. The van der Waals surface area contributed by atoms with E-state index in [4.69, 9.17) is 4.74 Å². The topological polar surface area (TPSA) is 55.2 Å². The number of rotatable bonds is 7. The van der Waals surface area contributed by atoms with Crippen LogP contribution in [-0.4, -0.2) is 59.3 Å². The highest BCUT2D eigenvalue weighted by atomic mass is 16.5. The van der Waals surface area contributed by atoms with Gasteiger partial charge in [-0.05, 0) is 25.9 Å². The second kappa shape index (κ2) is 7.57. The number of nitrogens with one attached hydrogen (secondary N) is 1. The zero-order valence-electron chi connectivity index (χ0n) is 12.0. The van der Waals surface area contributed by atoms with Gasteiger partial charge in [0.05, 0.1) is 18.3 Å². The first-order valence-corrected chi connectivity index (χ1v) is 7.16. The smallest absolute Gasteiger partial charge is 0.0964 e. The van der Waals surface area contributed by atoms with E-state index in [-0.39, 0.29) is 0 Å². The molecular formula is C13H25N5O. The van der Waals surface area contributed by atoms with Crippen molar-refractivity contribution in [1.29, 1.82) is 0 Å². The first kappa shape index (κ1) is 14.4. The van der Waals surface area contributed by atoms with Crippen LogP contribution in [0.1, 0.15) is 25.5 Å². The summed E-state index contributed by atoms with van der Waals surface area (Å²) < 4.78 is 7.37. The quantitative estimate of drug-likeness (QED) is 0.779. The van der Waals surface area contributed by atoms with E-state index in [1.165, 1.54) is 19.4 Å². The van der Waals surface area contributed by atoms with Crippen molar-refractivity contribution in [3.05, 3.63) is 11.9 Å². The third-order valence-electron chi connectivity index (χ3n) is 3.58. The average molecular weight is 267 g/mol. The summed E-state index contributed by atoms with van der Waals surface area (Å²) in [4.78, 5) is 2.45. The Hall–Kier alpha value is -0.980. The fourth-order valence-corrected chi connectivity index (χ4v) is 2.43. The average Bonchev–Trinajstić information content (AvgIpc) is 2.91. The van der Waals surface area contributed by atoms with Gasteiger partial charge in [0.2, 0.25) is 0 Å². The van der Waals surface area contributed by atoms with Crippen LogP contribution in [0.3, 0.4) is 0 Å². The minimum absolute atomic E-state index is 0.397. The first-order valence-electron chi connectivity index (χ1n) is 7.16. The molecule has 0 radical (unpaired) electrons. The van der Waals surface area contributed by atoms with Gasteiger partial charge in [0.25, 0.3) is 0 Å². The summed E-state index contributed by atoms with van der Waals surface area (Å²) in [6, 6.07) is 0. The molecule has 6 heteroatoms. The number of ether oxygens (including phenoxy) is 1. The van der Waals surface area contributed by atoms with Crippen LogP contribution in [0.25, 0.3) is 0 Å². The molecule has 1 atom stereocenters. The van der Waals surface area contributed by atoms with E-state index >= 15 is 0 Å². The molecular weight excluding hydrogens is 242 g/mol. The highest BCUT2D eigenvalue weighted by Crippen LogP contribution is 2.12. The van der Waals surface area contributed by atoms with Crippen LogP contribution in [0.2, 0.25) is 0 Å². The molecule has 1 fully saturated rings. The van der Waals surface area contributed by atoms with Crippen LogP contribution in [-0.2, 0) is 17.8 Å². The van der Waals surface area contributed by atoms with Crippen molar-refractivity contribution >= 4 is 0 Å². The molecule has 1 aromatic heterocycles. The number of methoxy groups -OCH3 is 1. The molecule has 0 aliphatic carbocycles. The zero-order chi connectivity index (χ0) is 13.5. The highest BCUT2D eigenvalue weighted by Gasteiger charge is 2.18. The minimum Gasteiger partial charge on any atom is -0.380 e. The Morgan fingerprint density at radius 1 is 1.47 bits per heavy atom.